The van der Waals surface area contributed by atoms with Crippen LogP contribution in [0.5, 0.6) is 0 Å². The SMILES string of the molecule is COC(=O)/C=C\[C@@H](OCc1ccccc1)[C@@H](O)COCc1ccccc1. The van der Waals surface area contributed by atoms with Crippen LogP contribution in [0.15, 0.2) is 72.8 Å². The molecule has 0 heterocycles. The minimum atomic E-state index is -0.914. The van der Waals surface area contributed by atoms with Gasteiger partial charge in [-0.2, -0.15) is 0 Å². The third-order valence-corrected chi connectivity index (χ3v) is 3.69. The predicted molar refractivity (Wildman–Crippen MR) is 98.3 cm³/mol. The lowest BCUT2D eigenvalue weighted by Gasteiger charge is -2.20. The number of esters is 1. The number of carbonyl (C=O) groups excluding carboxylic acids is 1. The van der Waals surface area contributed by atoms with E-state index in [0.717, 1.165) is 11.1 Å². The Kier molecular flexibility index (Phi) is 8.55. The zero-order chi connectivity index (χ0) is 18.6. The summed E-state index contributed by atoms with van der Waals surface area (Å²) in [4.78, 5) is 11.3. The molecule has 0 radical (unpaired) electrons. The van der Waals surface area contributed by atoms with E-state index >= 15 is 0 Å². The maximum absolute atomic E-state index is 11.3. The number of carbonyl (C=O) groups is 1. The number of aliphatic hydroxyl groups is 1. The third-order valence-electron chi connectivity index (χ3n) is 3.69. The number of aliphatic hydroxyl groups excluding tert-OH is 1. The van der Waals surface area contributed by atoms with Crippen molar-refractivity contribution in [2.45, 2.75) is 25.4 Å². The fourth-order valence-electron chi connectivity index (χ4n) is 2.27. The number of rotatable bonds is 10. The van der Waals surface area contributed by atoms with Crippen LogP contribution in [0.4, 0.5) is 0 Å². The second kappa shape index (κ2) is 11.2. The molecule has 2 atom stereocenters. The first-order chi connectivity index (χ1) is 12.7. The van der Waals surface area contributed by atoms with Crippen LogP contribution in [0.1, 0.15) is 11.1 Å². The summed E-state index contributed by atoms with van der Waals surface area (Å²) >= 11 is 0. The minimum absolute atomic E-state index is 0.0832. The van der Waals surface area contributed by atoms with Crippen LogP contribution in [-0.2, 0) is 32.2 Å². The predicted octanol–water partition coefficient (Wildman–Crippen LogP) is 2.88. The molecule has 138 valence electrons. The standard InChI is InChI=1S/C21H24O5/c1-24-21(23)13-12-20(26-15-18-10-6-3-7-11-18)19(22)16-25-14-17-8-4-2-5-9-17/h2-13,19-20,22H,14-16H2,1H3/b13-12-/t19-,20+/m0/s1. The van der Waals surface area contributed by atoms with Crippen LogP contribution >= 0.6 is 0 Å². The molecule has 5 heteroatoms. The highest BCUT2D eigenvalue weighted by Crippen LogP contribution is 2.10. The zero-order valence-corrected chi connectivity index (χ0v) is 14.8. The van der Waals surface area contributed by atoms with Gasteiger partial charge in [0, 0.05) is 6.08 Å². The van der Waals surface area contributed by atoms with Crippen molar-refractivity contribution < 1.29 is 24.1 Å². The van der Waals surface area contributed by atoms with Crippen molar-refractivity contribution in [3.63, 3.8) is 0 Å². The summed E-state index contributed by atoms with van der Waals surface area (Å²) < 4.78 is 15.9. The van der Waals surface area contributed by atoms with Gasteiger partial charge in [0.05, 0.1) is 26.9 Å². The molecule has 0 unspecified atom stereocenters. The fourth-order valence-corrected chi connectivity index (χ4v) is 2.27. The van der Waals surface area contributed by atoms with Crippen molar-refractivity contribution in [2.24, 2.45) is 0 Å². The summed E-state index contributed by atoms with van der Waals surface area (Å²) in [6.07, 6.45) is 1.13. The molecular weight excluding hydrogens is 332 g/mol. The van der Waals surface area contributed by atoms with Gasteiger partial charge in [0.2, 0.25) is 0 Å². The molecule has 5 nitrogen and oxygen atoms in total. The molecule has 0 spiro atoms. The van der Waals surface area contributed by atoms with Crippen molar-refractivity contribution in [1.29, 1.82) is 0 Å². The Morgan fingerprint density at radius 1 is 1.00 bits per heavy atom. The molecule has 26 heavy (non-hydrogen) atoms. The third kappa shape index (κ3) is 7.19. The van der Waals surface area contributed by atoms with Crippen LogP contribution in [-0.4, -0.2) is 37.0 Å². The number of hydrogen-bond donors (Lipinski definition) is 1. The highest BCUT2D eigenvalue weighted by atomic mass is 16.5. The number of ether oxygens (including phenoxy) is 3. The van der Waals surface area contributed by atoms with Gasteiger partial charge in [-0.25, -0.2) is 4.79 Å². The van der Waals surface area contributed by atoms with Gasteiger partial charge in [-0.3, -0.25) is 0 Å². The molecule has 0 fully saturated rings. The molecule has 0 amide bonds. The molecule has 0 saturated carbocycles. The summed E-state index contributed by atoms with van der Waals surface area (Å²) in [6.45, 7) is 0.788. The van der Waals surface area contributed by atoms with Crippen LogP contribution in [0.3, 0.4) is 0 Å². The minimum Gasteiger partial charge on any atom is -0.466 e. The lowest BCUT2D eigenvalue weighted by Crippen LogP contribution is -2.31. The molecule has 2 rings (SSSR count). The van der Waals surface area contributed by atoms with Gasteiger partial charge in [0.15, 0.2) is 0 Å². The van der Waals surface area contributed by atoms with E-state index in [1.165, 1.54) is 19.3 Å². The molecule has 1 N–H and O–H groups in total. The zero-order valence-electron chi connectivity index (χ0n) is 14.8. The van der Waals surface area contributed by atoms with E-state index < -0.39 is 18.2 Å². The van der Waals surface area contributed by atoms with E-state index in [1.807, 2.05) is 60.7 Å². The Balaban J connectivity index is 1.90. The van der Waals surface area contributed by atoms with Crippen LogP contribution < -0.4 is 0 Å². The smallest absolute Gasteiger partial charge is 0.330 e. The molecule has 2 aromatic rings. The van der Waals surface area contributed by atoms with E-state index in [1.54, 1.807) is 0 Å². The van der Waals surface area contributed by atoms with E-state index in [9.17, 15) is 9.90 Å². The number of methoxy groups -OCH3 is 1. The van der Waals surface area contributed by atoms with Crippen molar-refractivity contribution in [2.75, 3.05) is 13.7 Å². The molecular formula is C21H24O5. The monoisotopic (exact) mass is 356 g/mol. The quantitative estimate of drug-likeness (QED) is 0.524. The lowest BCUT2D eigenvalue weighted by molar-refractivity contribution is -0.135. The van der Waals surface area contributed by atoms with Crippen molar-refractivity contribution in [1.82, 2.24) is 0 Å². The van der Waals surface area contributed by atoms with Crippen molar-refractivity contribution >= 4 is 5.97 Å². The highest BCUT2D eigenvalue weighted by molar-refractivity contribution is 5.81. The van der Waals surface area contributed by atoms with Gasteiger partial charge in [-0.05, 0) is 17.2 Å². The van der Waals surface area contributed by atoms with Crippen LogP contribution in [0.2, 0.25) is 0 Å². The summed E-state index contributed by atoms with van der Waals surface area (Å²) in [6, 6.07) is 19.3. The first kappa shape index (κ1) is 19.8. The van der Waals surface area contributed by atoms with E-state index in [2.05, 4.69) is 4.74 Å². The summed E-state index contributed by atoms with van der Waals surface area (Å²) in [5.41, 5.74) is 1.99. The van der Waals surface area contributed by atoms with Gasteiger partial charge in [0.25, 0.3) is 0 Å². The number of hydrogen-bond acceptors (Lipinski definition) is 5. The number of benzene rings is 2. The Morgan fingerprint density at radius 2 is 1.58 bits per heavy atom. The van der Waals surface area contributed by atoms with Crippen molar-refractivity contribution in [3.8, 4) is 0 Å². The van der Waals surface area contributed by atoms with E-state index in [-0.39, 0.29) is 6.61 Å². The van der Waals surface area contributed by atoms with Crippen LogP contribution in [0.25, 0.3) is 0 Å². The maximum atomic E-state index is 11.3. The Bertz CT molecular complexity index is 669. The molecule has 0 aliphatic rings. The van der Waals surface area contributed by atoms with Gasteiger partial charge < -0.3 is 19.3 Å². The molecule has 0 aromatic heterocycles. The fraction of sp³-hybridized carbons (Fsp3) is 0.286. The second-order valence-electron chi connectivity index (χ2n) is 5.71. The molecule has 2 aromatic carbocycles. The average Bonchev–Trinajstić information content (AvgIpc) is 2.69. The molecule has 0 saturated heterocycles. The lowest BCUT2D eigenvalue weighted by atomic mass is 10.2. The second-order valence-corrected chi connectivity index (χ2v) is 5.71. The summed E-state index contributed by atoms with van der Waals surface area (Å²) in [5, 5.41) is 10.4. The topological polar surface area (TPSA) is 65.0 Å². The van der Waals surface area contributed by atoms with Gasteiger partial charge in [-0.1, -0.05) is 60.7 Å². The first-order valence-electron chi connectivity index (χ1n) is 8.40. The van der Waals surface area contributed by atoms with Crippen LogP contribution in [0, 0.1) is 0 Å². The molecule has 0 aliphatic heterocycles. The molecule has 0 bridgehead atoms. The maximum Gasteiger partial charge on any atom is 0.330 e. The average molecular weight is 356 g/mol. The van der Waals surface area contributed by atoms with Gasteiger partial charge >= 0.3 is 5.97 Å². The highest BCUT2D eigenvalue weighted by Gasteiger charge is 2.18. The van der Waals surface area contributed by atoms with E-state index in [0.29, 0.717) is 13.2 Å². The Hall–Kier alpha value is -2.47. The normalized spacial score (nSPS) is 13.5. The van der Waals surface area contributed by atoms with E-state index in [4.69, 9.17) is 9.47 Å². The largest absolute Gasteiger partial charge is 0.466 e. The van der Waals surface area contributed by atoms with Gasteiger partial charge in [0.1, 0.15) is 12.2 Å². The Morgan fingerprint density at radius 3 is 2.15 bits per heavy atom. The Labute approximate surface area is 153 Å². The summed E-state index contributed by atoms with van der Waals surface area (Å²) in [5.74, 6) is -0.504. The van der Waals surface area contributed by atoms with Gasteiger partial charge in [-0.15, -0.1) is 0 Å². The summed E-state index contributed by atoms with van der Waals surface area (Å²) in [7, 11) is 1.30. The molecule has 0 aliphatic carbocycles. The first-order valence-corrected chi connectivity index (χ1v) is 8.40. The van der Waals surface area contributed by atoms with Crippen molar-refractivity contribution in [3.05, 3.63) is 83.9 Å².